The molecular weight excluding hydrogens is 263 g/mol. The molecule has 1 saturated carbocycles. The lowest BCUT2D eigenvalue weighted by Gasteiger charge is -2.20. The molecule has 4 heteroatoms. The van der Waals surface area contributed by atoms with Gasteiger partial charge in [0.1, 0.15) is 0 Å². The highest BCUT2D eigenvalue weighted by Crippen LogP contribution is 2.37. The molecule has 0 radical (unpaired) electrons. The summed E-state index contributed by atoms with van der Waals surface area (Å²) >= 11 is 0. The molecule has 1 atom stereocenters. The Labute approximate surface area is 118 Å². The third-order valence-corrected chi connectivity index (χ3v) is 3.82. The van der Waals surface area contributed by atoms with Crippen molar-refractivity contribution >= 4 is 0 Å². The second-order valence-corrected chi connectivity index (χ2v) is 5.65. The van der Waals surface area contributed by atoms with E-state index in [0.717, 1.165) is 43.4 Å². The minimum absolute atomic E-state index is 0.0397. The molecule has 112 valence electrons. The standard InChI is InChI=1S/C16H22F3N/c1-2-10-20-15(9-8-12-6-7-12)13-4-3-5-14(11-13)16(17,18)19/h3-5,11-12,15,20H,2,6-10H2,1H3. The predicted octanol–water partition coefficient (Wildman–Crippen LogP) is 4.94. The van der Waals surface area contributed by atoms with E-state index in [4.69, 9.17) is 0 Å². The molecule has 0 spiro atoms. The lowest BCUT2D eigenvalue weighted by molar-refractivity contribution is -0.137. The van der Waals surface area contributed by atoms with Crippen LogP contribution < -0.4 is 5.32 Å². The van der Waals surface area contributed by atoms with Crippen molar-refractivity contribution in [3.63, 3.8) is 0 Å². The molecule has 0 amide bonds. The number of halogens is 3. The van der Waals surface area contributed by atoms with E-state index in [1.165, 1.54) is 25.0 Å². The predicted molar refractivity (Wildman–Crippen MR) is 74.4 cm³/mol. The fraction of sp³-hybridized carbons (Fsp3) is 0.625. The third kappa shape index (κ3) is 4.51. The molecule has 0 heterocycles. The summed E-state index contributed by atoms with van der Waals surface area (Å²) in [5.41, 5.74) is 0.207. The molecule has 1 aliphatic rings. The minimum Gasteiger partial charge on any atom is -0.310 e. The number of hydrogen-bond donors (Lipinski definition) is 1. The van der Waals surface area contributed by atoms with Crippen molar-refractivity contribution in [2.45, 2.75) is 51.2 Å². The van der Waals surface area contributed by atoms with Crippen molar-refractivity contribution in [3.8, 4) is 0 Å². The maximum Gasteiger partial charge on any atom is 0.416 e. The molecule has 1 fully saturated rings. The van der Waals surface area contributed by atoms with Crippen molar-refractivity contribution in [1.82, 2.24) is 5.32 Å². The Bertz CT molecular complexity index is 424. The van der Waals surface area contributed by atoms with Crippen molar-refractivity contribution in [2.24, 2.45) is 5.92 Å². The van der Waals surface area contributed by atoms with E-state index in [1.807, 2.05) is 0 Å². The lowest BCUT2D eigenvalue weighted by atomic mass is 9.98. The Hall–Kier alpha value is -1.03. The van der Waals surface area contributed by atoms with Crippen molar-refractivity contribution in [1.29, 1.82) is 0 Å². The second kappa shape index (κ2) is 6.61. The van der Waals surface area contributed by atoms with E-state index in [2.05, 4.69) is 12.2 Å². The van der Waals surface area contributed by atoms with Crippen LogP contribution in [0.5, 0.6) is 0 Å². The highest BCUT2D eigenvalue weighted by atomic mass is 19.4. The lowest BCUT2D eigenvalue weighted by Crippen LogP contribution is -2.22. The van der Waals surface area contributed by atoms with Crippen LogP contribution in [0, 0.1) is 5.92 Å². The van der Waals surface area contributed by atoms with Gasteiger partial charge in [-0.25, -0.2) is 0 Å². The fourth-order valence-corrected chi connectivity index (χ4v) is 2.45. The molecule has 1 unspecified atom stereocenters. The Morgan fingerprint density at radius 2 is 2.05 bits per heavy atom. The van der Waals surface area contributed by atoms with E-state index >= 15 is 0 Å². The van der Waals surface area contributed by atoms with Gasteiger partial charge in [-0.05, 0) is 49.4 Å². The van der Waals surface area contributed by atoms with Gasteiger partial charge < -0.3 is 5.32 Å². The zero-order valence-electron chi connectivity index (χ0n) is 11.8. The molecule has 1 aromatic carbocycles. The van der Waals surface area contributed by atoms with Crippen LogP contribution in [0.25, 0.3) is 0 Å². The van der Waals surface area contributed by atoms with E-state index in [9.17, 15) is 13.2 Å². The second-order valence-electron chi connectivity index (χ2n) is 5.65. The van der Waals surface area contributed by atoms with Gasteiger partial charge in [0, 0.05) is 6.04 Å². The average molecular weight is 285 g/mol. The molecule has 0 saturated heterocycles. The smallest absolute Gasteiger partial charge is 0.310 e. The number of alkyl halides is 3. The SMILES string of the molecule is CCCNC(CCC1CC1)c1cccc(C(F)(F)F)c1. The van der Waals surface area contributed by atoms with Crippen LogP contribution >= 0.6 is 0 Å². The highest BCUT2D eigenvalue weighted by molar-refractivity contribution is 5.28. The topological polar surface area (TPSA) is 12.0 Å². The molecule has 20 heavy (non-hydrogen) atoms. The third-order valence-electron chi connectivity index (χ3n) is 3.82. The molecule has 1 nitrogen and oxygen atoms in total. The first kappa shape index (κ1) is 15.4. The molecule has 0 aromatic heterocycles. The Balaban J connectivity index is 2.09. The fourth-order valence-electron chi connectivity index (χ4n) is 2.45. The number of benzene rings is 1. The maximum atomic E-state index is 12.8. The van der Waals surface area contributed by atoms with E-state index < -0.39 is 11.7 Å². The quantitative estimate of drug-likeness (QED) is 0.748. The van der Waals surface area contributed by atoms with Crippen LogP contribution in [0.2, 0.25) is 0 Å². The molecule has 1 N–H and O–H groups in total. The van der Waals surface area contributed by atoms with Crippen LogP contribution in [-0.4, -0.2) is 6.54 Å². The van der Waals surface area contributed by atoms with Crippen LogP contribution in [0.1, 0.15) is 56.2 Å². The summed E-state index contributed by atoms with van der Waals surface area (Å²) in [4.78, 5) is 0. The zero-order valence-corrected chi connectivity index (χ0v) is 11.8. The molecular formula is C16H22F3N. The van der Waals surface area contributed by atoms with Gasteiger partial charge in [-0.1, -0.05) is 31.9 Å². The normalized spacial score (nSPS) is 17.2. The van der Waals surface area contributed by atoms with E-state index in [-0.39, 0.29) is 6.04 Å². The molecule has 1 aromatic rings. The van der Waals surface area contributed by atoms with Crippen molar-refractivity contribution < 1.29 is 13.2 Å². The van der Waals surface area contributed by atoms with E-state index in [1.54, 1.807) is 6.07 Å². The molecule has 2 rings (SSSR count). The van der Waals surface area contributed by atoms with Gasteiger partial charge in [-0.15, -0.1) is 0 Å². The van der Waals surface area contributed by atoms with E-state index in [0.29, 0.717) is 0 Å². The molecule has 1 aliphatic carbocycles. The summed E-state index contributed by atoms with van der Waals surface area (Å²) in [7, 11) is 0. The van der Waals surface area contributed by atoms with Crippen molar-refractivity contribution in [2.75, 3.05) is 6.54 Å². The van der Waals surface area contributed by atoms with Crippen LogP contribution in [-0.2, 0) is 6.18 Å². The number of hydrogen-bond acceptors (Lipinski definition) is 1. The molecule has 0 bridgehead atoms. The van der Waals surface area contributed by atoms with Gasteiger partial charge in [0.15, 0.2) is 0 Å². The first-order valence-corrected chi connectivity index (χ1v) is 7.41. The molecule has 0 aliphatic heterocycles. The zero-order chi connectivity index (χ0) is 14.6. The largest absolute Gasteiger partial charge is 0.416 e. The van der Waals surface area contributed by atoms with Gasteiger partial charge in [-0.3, -0.25) is 0 Å². The van der Waals surface area contributed by atoms with Crippen LogP contribution in [0.15, 0.2) is 24.3 Å². The monoisotopic (exact) mass is 285 g/mol. The number of rotatable bonds is 7. The summed E-state index contributed by atoms with van der Waals surface area (Å²) in [6.45, 7) is 2.91. The number of nitrogens with one attached hydrogen (secondary N) is 1. The van der Waals surface area contributed by atoms with Crippen molar-refractivity contribution in [3.05, 3.63) is 35.4 Å². The summed E-state index contributed by atoms with van der Waals surface area (Å²) in [6, 6.07) is 5.78. The average Bonchev–Trinajstić information content (AvgIpc) is 3.22. The van der Waals surface area contributed by atoms with Gasteiger partial charge in [-0.2, -0.15) is 13.2 Å². The van der Waals surface area contributed by atoms with Gasteiger partial charge >= 0.3 is 6.18 Å². The summed E-state index contributed by atoms with van der Waals surface area (Å²) in [6.07, 6.45) is 1.32. The highest BCUT2D eigenvalue weighted by Gasteiger charge is 2.31. The van der Waals surface area contributed by atoms with Crippen LogP contribution in [0.3, 0.4) is 0 Å². The first-order valence-electron chi connectivity index (χ1n) is 7.41. The van der Waals surface area contributed by atoms with Crippen LogP contribution in [0.4, 0.5) is 13.2 Å². The Morgan fingerprint density at radius 3 is 2.65 bits per heavy atom. The Kier molecular flexibility index (Phi) is 5.08. The maximum absolute atomic E-state index is 12.8. The van der Waals surface area contributed by atoms with Gasteiger partial charge in [0.25, 0.3) is 0 Å². The minimum atomic E-state index is -4.26. The summed E-state index contributed by atoms with van der Waals surface area (Å²) in [5, 5.41) is 3.38. The first-order chi connectivity index (χ1) is 9.50. The summed E-state index contributed by atoms with van der Waals surface area (Å²) in [5.74, 6) is 0.798. The van der Waals surface area contributed by atoms with Gasteiger partial charge in [0.05, 0.1) is 5.56 Å². The summed E-state index contributed by atoms with van der Waals surface area (Å²) < 4.78 is 38.4. The Morgan fingerprint density at radius 1 is 1.30 bits per heavy atom. The van der Waals surface area contributed by atoms with Gasteiger partial charge in [0.2, 0.25) is 0 Å².